The summed E-state index contributed by atoms with van der Waals surface area (Å²) < 4.78 is 25.6. The smallest absolute Gasteiger partial charge is 0.218 e. The zero-order valence-electron chi connectivity index (χ0n) is 16.6. The molecule has 0 unspecified atom stereocenters. The number of nitrogens with one attached hydrogen (secondary N) is 2. The minimum absolute atomic E-state index is 0.403. The van der Waals surface area contributed by atoms with Gasteiger partial charge in [0.05, 0.1) is 5.52 Å². The summed E-state index contributed by atoms with van der Waals surface area (Å²) in [5.74, 6) is 0.403. The van der Waals surface area contributed by atoms with E-state index >= 15 is 0 Å². The number of thiol groups is 1. The first-order valence-electron chi connectivity index (χ1n) is 9.46. The summed E-state index contributed by atoms with van der Waals surface area (Å²) in [6.07, 6.45) is 6.36. The van der Waals surface area contributed by atoms with Crippen LogP contribution in [0, 0.1) is 0 Å². The van der Waals surface area contributed by atoms with Crippen LogP contribution in [-0.4, -0.2) is 17.6 Å². The number of rotatable bonds is 6. The zero-order chi connectivity index (χ0) is 20.5. The van der Waals surface area contributed by atoms with E-state index in [0.29, 0.717) is 11.6 Å². The van der Waals surface area contributed by atoms with Gasteiger partial charge in [0.1, 0.15) is 0 Å². The van der Waals surface area contributed by atoms with Gasteiger partial charge in [0.15, 0.2) is 0 Å². The molecule has 0 saturated carbocycles. The van der Waals surface area contributed by atoms with Crippen LogP contribution in [0.2, 0.25) is 0 Å². The van der Waals surface area contributed by atoms with Crippen LogP contribution in [-0.2, 0) is 17.9 Å². The topological polar surface area (TPSA) is 68.1 Å². The van der Waals surface area contributed by atoms with Crippen molar-refractivity contribution in [3.8, 4) is 16.8 Å². The summed E-state index contributed by atoms with van der Waals surface area (Å²) in [4.78, 5) is 2.19. The molecule has 6 nitrogen and oxygen atoms in total. The van der Waals surface area contributed by atoms with Crippen molar-refractivity contribution in [3.05, 3.63) is 72.7 Å². The van der Waals surface area contributed by atoms with Crippen molar-refractivity contribution in [2.75, 3.05) is 5.43 Å². The van der Waals surface area contributed by atoms with E-state index in [0.717, 1.165) is 11.2 Å². The van der Waals surface area contributed by atoms with Crippen molar-refractivity contribution >= 4 is 27.5 Å². The molecule has 0 aliphatic carbocycles. The van der Waals surface area contributed by atoms with Gasteiger partial charge in [-0.15, -0.1) is 4.83 Å². The van der Waals surface area contributed by atoms with E-state index in [2.05, 4.69) is 65.3 Å². The molecule has 4 rings (SSSR count). The highest BCUT2D eigenvalue weighted by atomic mass is 32.2. The molecular weight excluding hydrogens is 384 g/mol. The van der Waals surface area contributed by atoms with Gasteiger partial charge < -0.3 is 14.6 Å². The Morgan fingerprint density at radius 3 is 2.31 bits per heavy atom. The molecule has 2 aromatic heterocycles. The number of hydrogen-bond donors (Lipinski definition) is 3. The Balaban J connectivity index is 1.80. The fourth-order valence-corrected chi connectivity index (χ4v) is 3.82. The van der Waals surface area contributed by atoms with E-state index in [4.69, 9.17) is 0 Å². The molecule has 0 bridgehead atoms. The summed E-state index contributed by atoms with van der Waals surface area (Å²) in [7, 11) is -0.672. The lowest BCUT2D eigenvalue weighted by atomic mass is 10.0. The molecule has 2 heterocycles. The third-order valence-electron chi connectivity index (χ3n) is 5.06. The number of aryl methyl sites for hydroxylation is 1. The van der Waals surface area contributed by atoms with Gasteiger partial charge in [-0.1, -0.05) is 26.0 Å². The lowest BCUT2D eigenvalue weighted by Crippen LogP contribution is -2.18. The number of benzene rings is 2. The van der Waals surface area contributed by atoms with Crippen molar-refractivity contribution in [2.45, 2.75) is 19.8 Å². The van der Waals surface area contributed by atoms with Crippen LogP contribution < -0.4 is 10.3 Å². The number of hydrogen-bond acceptors (Lipinski definition) is 3. The van der Waals surface area contributed by atoms with Crippen LogP contribution in [0.1, 0.15) is 25.3 Å². The van der Waals surface area contributed by atoms with Gasteiger partial charge in [-0.3, -0.25) is 0 Å². The SMILES string of the molecule is CC(C)c1cn(-c2ccc(NN[SH](=O)=O)cc2)c2cc(-c3ccn(C)c3)ccc12. The highest BCUT2D eigenvalue weighted by Crippen LogP contribution is 2.33. The first-order valence-corrected chi connectivity index (χ1v) is 10.6. The van der Waals surface area contributed by atoms with Gasteiger partial charge in [-0.2, -0.15) is 0 Å². The standard InChI is InChI=1S/C22H24N4O2S/c1-15(2)21-14-26(19-7-5-18(6-8-19)23-24-29(27)28)22-12-16(4-9-20(21)22)17-10-11-25(3)13-17/h4-15,23,29H,1-3H3,(H,24,27,28). The number of nitrogens with zero attached hydrogens (tertiary/aromatic N) is 2. The molecule has 0 saturated heterocycles. The van der Waals surface area contributed by atoms with Crippen molar-refractivity contribution < 1.29 is 8.42 Å². The minimum atomic E-state index is -2.70. The number of fused-ring (bicyclic) bond motifs is 1. The molecule has 0 spiro atoms. The highest BCUT2D eigenvalue weighted by Gasteiger charge is 2.14. The molecule has 150 valence electrons. The molecule has 2 N–H and O–H groups in total. The Morgan fingerprint density at radius 2 is 1.69 bits per heavy atom. The van der Waals surface area contributed by atoms with Crippen LogP contribution in [0.3, 0.4) is 0 Å². The average molecular weight is 409 g/mol. The Bertz CT molecular complexity index is 1230. The predicted octanol–water partition coefficient (Wildman–Crippen LogP) is 4.20. The lowest BCUT2D eigenvalue weighted by molar-refractivity contribution is 0.607. The Labute approximate surface area is 171 Å². The van der Waals surface area contributed by atoms with Crippen LogP contribution in [0.25, 0.3) is 27.7 Å². The third kappa shape index (κ3) is 3.92. The van der Waals surface area contributed by atoms with Gasteiger partial charge >= 0.3 is 0 Å². The van der Waals surface area contributed by atoms with Crippen molar-refractivity contribution in [1.29, 1.82) is 0 Å². The number of anilines is 1. The monoisotopic (exact) mass is 408 g/mol. The van der Waals surface area contributed by atoms with Crippen LogP contribution in [0.4, 0.5) is 5.69 Å². The molecule has 0 aliphatic rings. The lowest BCUT2D eigenvalue weighted by Gasteiger charge is -2.09. The Morgan fingerprint density at radius 1 is 0.931 bits per heavy atom. The van der Waals surface area contributed by atoms with Gasteiger partial charge in [-0.05, 0) is 59.0 Å². The van der Waals surface area contributed by atoms with E-state index in [-0.39, 0.29) is 0 Å². The van der Waals surface area contributed by atoms with Gasteiger partial charge in [-0.25, -0.2) is 8.42 Å². The molecule has 2 aromatic carbocycles. The van der Waals surface area contributed by atoms with E-state index in [9.17, 15) is 8.42 Å². The van der Waals surface area contributed by atoms with Crippen molar-refractivity contribution in [2.24, 2.45) is 7.05 Å². The molecule has 0 atom stereocenters. The van der Waals surface area contributed by atoms with Gasteiger partial charge in [0.2, 0.25) is 10.9 Å². The maximum absolute atomic E-state index is 10.7. The molecule has 0 radical (unpaired) electrons. The molecule has 29 heavy (non-hydrogen) atoms. The summed E-state index contributed by atoms with van der Waals surface area (Å²) in [6.45, 7) is 4.40. The Kier molecular flexibility index (Phi) is 5.17. The maximum atomic E-state index is 10.7. The second-order valence-corrected chi connectivity index (χ2v) is 8.19. The number of hydrazine groups is 1. The second kappa shape index (κ2) is 7.77. The van der Waals surface area contributed by atoms with Gasteiger partial charge in [0, 0.05) is 42.4 Å². The molecule has 0 fully saturated rings. The van der Waals surface area contributed by atoms with Crippen LogP contribution in [0.5, 0.6) is 0 Å². The highest BCUT2D eigenvalue weighted by molar-refractivity contribution is 7.70. The Hall–Kier alpha value is -3.03. The fourth-order valence-electron chi connectivity index (χ4n) is 3.60. The second-order valence-electron chi connectivity index (χ2n) is 7.45. The molecule has 0 amide bonds. The summed E-state index contributed by atoms with van der Waals surface area (Å²) in [5.41, 5.74) is 9.16. The molecule has 7 heteroatoms. The molecule has 0 aliphatic heterocycles. The number of aromatic nitrogens is 2. The maximum Gasteiger partial charge on any atom is 0.218 e. The summed E-state index contributed by atoms with van der Waals surface area (Å²) >= 11 is 0. The van der Waals surface area contributed by atoms with E-state index < -0.39 is 10.9 Å². The minimum Gasteiger partial charge on any atom is -0.357 e. The van der Waals surface area contributed by atoms with Crippen molar-refractivity contribution in [1.82, 2.24) is 14.0 Å². The van der Waals surface area contributed by atoms with E-state index in [1.165, 1.54) is 22.1 Å². The normalized spacial score (nSPS) is 11.6. The molecule has 4 aromatic rings. The third-order valence-corrected chi connectivity index (χ3v) is 5.36. The van der Waals surface area contributed by atoms with Crippen molar-refractivity contribution in [3.63, 3.8) is 0 Å². The summed E-state index contributed by atoms with van der Waals surface area (Å²) in [6, 6.07) is 16.4. The quantitative estimate of drug-likeness (QED) is 0.331. The van der Waals surface area contributed by atoms with Crippen LogP contribution in [0.15, 0.2) is 67.1 Å². The van der Waals surface area contributed by atoms with Gasteiger partial charge in [0.25, 0.3) is 0 Å². The van der Waals surface area contributed by atoms with Crippen LogP contribution >= 0.6 is 0 Å². The summed E-state index contributed by atoms with van der Waals surface area (Å²) in [5, 5.41) is 1.24. The van der Waals surface area contributed by atoms with E-state index in [1.807, 2.05) is 42.1 Å². The largest absolute Gasteiger partial charge is 0.357 e. The fraction of sp³-hybridized carbons (Fsp3) is 0.182. The van der Waals surface area contributed by atoms with E-state index in [1.54, 1.807) is 0 Å². The first-order chi connectivity index (χ1) is 13.9. The predicted molar refractivity (Wildman–Crippen MR) is 119 cm³/mol. The zero-order valence-corrected chi connectivity index (χ0v) is 17.5. The molecular formula is C22H24N4O2S. The first kappa shape index (κ1) is 19.3. The average Bonchev–Trinajstić information content (AvgIpc) is 3.30.